The summed E-state index contributed by atoms with van der Waals surface area (Å²) in [5.41, 5.74) is 3.44. The molecular formula is C58H60FN9O13. The molecular weight excluding hydrogens is 1050 g/mol. The van der Waals surface area contributed by atoms with Crippen molar-refractivity contribution in [1.82, 2.24) is 46.4 Å². The molecule has 5 aromatic rings. The summed E-state index contributed by atoms with van der Waals surface area (Å²) in [5, 5.41) is 27.8. The number of unbranched alkanes of at least 4 members (excludes halogenated alkanes) is 2. The topological polar surface area (TPSA) is 303 Å². The van der Waals surface area contributed by atoms with Gasteiger partial charge in [-0.2, -0.15) is 0 Å². The van der Waals surface area contributed by atoms with E-state index in [1.807, 2.05) is 0 Å². The molecule has 0 bridgehead atoms. The van der Waals surface area contributed by atoms with Crippen LogP contribution >= 0.6 is 0 Å². The molecule has 0 unspecified atom stereocenters. The van der Waals surface area contributed by atoms with E-state index in [0.717, 1.165) is 16.0 Å². The number of aromatic nitrogens is 2. The lowest BCUT2D eigenvalue weighted by molar-refractivity contribution is -0.172. The molecule has 422 valence electrons. The number of aryl methyl sites for hydroxylation is 1. The Morgan fingerprint density at radius 2 is 1.51 bits per heavy atom. The largest absolute Gasteiger partial charge is 0.458 e. The number of hydrogen-bond donors (Lipinski definition) is 7. The molecule has 22 nitrogen and oxygen atoms in total. The fraction of sp³-hybridized carbons (Fsp3) is 0.362. The summed E-state index contributed by atoms with van der Waals surface area (Å²) in [7, 11) is 0. The third kappa shape index (κ3) is 12.5. The van der Waals surface area contributed by atoms with Crippen LogP contribution in [-0.2, 0) is 92.6 Å². The number of halogens is 1. The summed E-state index contributed by atoms with van der Waals surface area (Å²) in [5.74, 6) is -4.92. The highest BCUT2D eigenvalue weighted by molar-refractivity contribution is 6.12. The van der Waals surface area contributed by atoms with Gasteiger partial charge in [0.25, 0.3) is 17.4 Å². The number of carbonyl (C=O) groups excluding carboxylic acids is 9. The molecule has 0 radical (unpaired) electrons. The number of hydrogen-bond acceptors (Lipinski definition) is 14. The smallest absolute Gasteiger partial charge is 0.407 e. The van der Waals surface area contributed by atoms with E-state index in [0.29, 0.717) is 82.2 Å². The van der Waals surface area contributed by atoms with Crippen molar-refractivity contribution in [2.45, 2.75) is 109 Å². The predicted octanol–water partition coefficient (Wildman–Crippen LogP) is 2.62. The van der Waals surface area contributed by atoms with Crippen LogP contribution in [0.1, 0.15) is 102 Å². The van der Waals surface area contributed by atoms with Gasteiger partial charge in [-0.15, -0.1) is 0 Å². The molecule has 1 aliphatic carbocycles. The van der Waals surface area contributed by atoms with Gasteiger partial charge in [-0.25, -0.2) is 19.0 Å². The number of nitrogens with one attached hydrogen (secondary N) is 6. The van der Waals surface area contributed by atoms with Crippen LogP contribution in [0, 0.1) is 12.7 Å². The summed E-state index contributed by atoms with van der Waals surface area (Å²) < 4.78 is 27.8. The Morgan fingerprint density at radius 3 is 2.25 bits per heavy atom. The summed E-state index contributed by atoms with van der Waals surface area (Å²) >= 11 is 0. The Labute approximate surface area is 463 Å². The van der Waals surface area contributed by atoms with E-state index >= 15 is 4.39 Å². The quantitative estimate of drug-likeness (QED) is 0.0292. The van der Waals surface area contributed by atoms with E-state index in [2.05, 4.69) is 31.9 Å². The van der Waals surface area contributed by atoms with Crippen LogP contribution in [0.5, 0.6) is 0 Å². The molecule has 3 atom stereocenters. The lowest BCUT2D eigenvalue weighted by Crippen LogP contribution is -2.52. The zero-order valence-corrected chi connectivity index (χ0v) is 44.5. The molecule has 8 amide bonds. The van der Waals surface area contributed by atoms with Crippen molar-refractivity contribution in [3.8, 4) is 11.4 Å². The maximum Gasteiger partial charge on any atom is 0.407 e. The Balaban J connectivity index is 0.735. The van der Waals surface area contributed by atoms with Crippen molar-refractivity contribution >= 4 is 64.3 Å². The lowest BCUT2D eigenvalue weighted by atomic mass is 9.81. The number of carbonyl (C=O) groups is 9. The molecule has 7 N–H and O–H groups in total. The molecule has 0 saturated heterocycles. The average Bonchev–Trinajstić information content (AvgIpc) is 2.44. The number of nitrogens with zero attached hydrogens (tertiary/aromatic N) is 3. The standard InChI is InChI=1S/C58H60FN9O13/c1-3-58(79)39-23-44-53-37(29-68(44)55(76)38(39)31-80-56(58)77)52-41(18-17-36-32(2)40(59)24-42(65-53)51(36)52)66-57(78)81-30-35-15-13-34(14-16-35)25-60-47(71)27-63-54(75)43(22-33-10-6-4-7-11-33)64-48(72)28-62-46(70)26-61-45(69)12-8-5-9-21-67-49(73)19-20-50(67)74/h4,6-7,10-11,13-16,19-20,23-24,41,43,79H,3,5,8-9,12,17-18,21-22,25-31H2,1-2H3,(H,60,71)(H,61,69)(H,62,70)(H,63,75)(H,64,72)(H,66,78)/t41-,43-,58-/m0/s1. The van der Waals surface area contributed by atoms with Gasteiger partial charge in [-0.05, 0) is 78.5 Å². The number of imide groups is 1. The molecule has 3 aromatic carbocycles. The number of alkyl carbamates (subject to hydrolysis) is 1. The maximum absolute atomic E-state index is 15.4. The first-order valence-electron chi connectivity index (χ1n) is 26.7. The highest BCUT2D eigenvalue weighted by Crippen LogP contribution is 2.46. The Kier molecular flexibility index (Phi) is 17.1. The molecule has 81 heavy (non-hydrogen) atoms. The van der Waals surface area contributed by atoms with Crippen molar-refractivity contribution in [3.05, 3.63) is 145 Å². The third-order valence-electron chi connectivity index (χ3n) is 15.0. The van der Waals surface area contributed by atoms with Crippen LogP contribution in [0.3, 0.4) is 0 Å². The van der Waals surface area contributed by atoms with Crippen LogP contribution in [0.25, 0.3) is 22.3 Å². The van der Waals surface area contributed by atoms with Crippen molar-refractivity contribution in [2.75, 3.05) is 26.2 Å². The molecule has 0 saturated carbocycles. The number of esters is 1. The van der Waals surface area contributed by atoms with Gasteiger partial charge in [-0.1, -0.05) is 67.9 Å². The highest BCUT2D eigenvalue weighted by Gasteiger charge is 2.46. The molecule has 2 aromatic heterocycles. The first-order valence-corrected chi connectivity index (χ1v) is 26.7. The number of ether oxygens (including phenoxy) is 2. The second-order valence-electron chi connectivity index (χ2n) is 20.3. The van der Waals surface area contributed by atoms with Gasteiger partial charge in [0, 0.05) is 60.7 Å². The first-order chi connectivity index (χ1) is 38.9. The number of aliphatic hydroxyl groups is 1. The zero-order valence-electron chi connectivity index (χ0n) is 44.5. The van der Waals surface area contributed by atoms with E-state index in [9.17, 15) is 53.1 Å². The van der Waals surface area contributed by atoms with Gasteiger partial charge in [-0.3, -0.25) is 43.3 Å². The van der Waals surface area contributed by atoms with Gasteiger partial charge < -0.3 is 51.0 Å². The number of pyridine rings is 2. The third-order valence-corrected chi connectivity index (χ3v) is 15.0. The minimum absolute atomic E-state index is 0.0372. The number of fused-ring (bicyclic) bond motifs is 5. The van der Waals surface area contributed by atoms with Gasteiger partial charge in [0.2, 0.25) is 29.5 Å². The summed E-state index contributed by atoms with van der Waals surface area (Å²) in [6.07, 6.45) is 4.24. The normalized spacial score (nSPS) is 16.9. The summed E-state index contributed by atoms with van der Waals surface area (Å²) in [6.45, 7) is 2.00. The van der Waals surface area contributed by atoms with Crippen molar-refractivity contribution in [3.63, 3.8) is 0 Å². The Bertz CT molecular complexity index is 3460. The fourth-order valence-electron chi connectivity index (χ4n) is 10.5. The SMILES string of the molecule is CC[C@@]1(O)C(=O)OCc2c1cc1n(c2=O)Cc2c-1nc1cc(F)c(C)c3c1c2[C@@H](NC(=O)OCc1ccc(CNC(=O)CNC(=O)[C@H](Cc2ccccc2)NC(=O)CNC(=O)CNC(=O)CCCCCN2C(=O)C=CC2=O)cc1)CC3. The molecule has 4 aliphatic rings. The molecule has 9 rings (SSSR count). The van der Waals surface area contributed by atoms with Gasteiger partial charge in [0.1, 0.15) is 25.1 Å². The highest BCUT2D eigenvalue weighted by atomic mass is 19.1. The van der Waals surface area contributed by atoms with Gasteiger partial charge >= 0.3 is 12.1 Å². The molecule has 5 heterocycles. The number of rotatable bonds is 22. The van der Waals surface area contributed by atoms with Crippen LogP contribution in [-0.4, -0.2) is 105 Å². The lowest BCUT2D eigenvalue weighted by Gasteiger charge is -2.31. The van der Waals surface area contributed by atoms with Crippen LogP contribution in [0.4, 0.5) is 9.18 Å². The number of amides is 8. The van der Waals surface area contributed by atoms with E-state index in [1.165, 1.54) is 22.8 Å². The van der Waals surface area contributed by atoms with Crippen LogP contribution < -0.4 is 37.5 Å². The van der Waals surface area contributed by atoms with Crippen molar-refractivity contribution < 1.29 is 62.1 Å². The predicted molar refractivity (Wildman–Crippen MR) is 287 cm³/mol. The second-order valence-corrected chi connectivity index (χ2v) is 20.3. The molecule has 0 spiro atoms. The second kappa shape index (κ2) is 24.5. The fourth-order valence-corrected chi connectivity index (χ4v) is 10.5. The van der Waals surface area contributed by atoms with Crippen molar-refractivity contribution in [1.29, 1.82) is 0 Å². The average molecular weight is 1110 g/mol. The van der Waals surface area contributed by atoms with Gasteiger partial charge in [0.05, 0.1) is 54.7 Å². The van der Waals surface area contributed by atoms with Crippen LogP contribution in [0.2, 0.25) is 0 Å². The summed E-state index contributed by atoms with van der Waals surface area (Å²) in [4.78, 5) is 134. The van der Waals surface area contributed by atoms with E-state index in [-0.39, 0.29) is 87.5 Å². The zero-order chi connectivity index (χ0) is 57.5. The first kappa shape index (κ1) is 56.6. The Morgan fingerprint density at radius 1 is 0.815 bits per heavy atom. The van der Waals surface area contributed by atoms with E-state index in [4.69, 9.17) is 14.5 Å². The molecule has 0 fully saturated rings. The summed E-state index contributed by atoms with van der Waals surface area (Å²) in [6, 6.07) is 17.0. The molecule has 3 aliphatic heterocycles. The van der Waals surface area contributed by atoms with E-state index in [1.54, 1.807) is 74.5 Å². The number of benzene rings is 3. The molecule has 23 heteroatoms. The maximum atomic E-state index is 15.4. The van der Waals surface area contributed by atoms with Crippen molar-refractivity contribution in [2.24, 2.45) is 0 Å². The Hall–Kier alpha value is -9.12. The number of cyclic esters (lactones) is 1. The van der Waals surface area contributed by atoms with Gasteiger partial charge in [0.15, 0.2) is 5.60 Å². The minimum atomic E-state index is -2.04. The minimum Gasteiger partial charge on any atom is -0.458 e. The monoisotopic (exact) mass is 1110 g/mol. The van der Waals surface area contributed by atoms with Crippen LogP contribution in [0.15, 0.2) is 83.7 Å². The van der Waals surface area contributed by atoms with E-state index < -0.39 is 77.8 Å².